The van der Waals surface area contributed by atoms with Crippen LogP contribution in [0.15, 0.2) is 24.3 Å². The Balaban J connectivity index is 1.95. The summed E-state index contributed by atoms with van der Waals surface area (Å²) >= 11 is 0. The summed E-state index contributed by atoms with van der Waals surface area (Å²) in [6.07, 6.45) is 5.09. The first-order valence-electron chi connectivity index (χ1n) is 8.71. The molecule has 2 nitrogen and oxygen atoms in total. The smallest absolute Gasteiger partial charge is 0.0237 e. The van der Waals surface area contributed by atoms with Crippen LogP contribution in [0.3, 0.4) is 0 Å². The molecule has 2 rings (SSSR count). The maximum Gasteiger partial charge on any atom is 0.0237 e. The molecule has 0 spiro atoms. The van der Waals surface area contributed by atoms with Crippen LogP contribution in [0.2, 0.25) is 0 Å². The molecule has 2 heteroatoms. The summed E-state index contributed by atoms with van der Waals surface area (Å²) in [5.74, 6) is 0.737. The van der Waals surface area contributed by atoms with E-state index in [1.165, 1.54) is 49.9 Å². The Morgan fingerprint density at radius 3 is 2.48 bits per heavy atom. The minimum Gasteiger partial charge on any atom is -0.315 e. The van der Waals surface area contributed by atoms with E-state index < -0.39 is 0 Å². The molecule has 1 aromatic rings. The lowest BCUT2D eigenvalue weighted by atomic mass is 10.0. The summed E-state index contributed by atoms with van der Waals surface area (Å²) < 4.78 is 0. The lowest BCUT2D eigenvalue weighted by molar-refractivity contribution is 0.158. The second kappa shape index (κ2) is 8.55. The van der Waals surface area contributed by atoms with Crippen molar-refractivity contribution in [1.82, 2.24) is 10.2 Å². The topological polar surface area (TPSA) is 15.3 Å². The van der Waals surface area contributed by atoms with E-state index in [0.29, 0.717) is 6.04 Å². The molecule has 0 saturated carbocycles. The second-order valence-electron chi connectivity index (χ2n) is 6.89. The van der Waals surface area contributed by atoms with Crippen molar-refractivity contribution in [1.29, 1.82) is 0 Å². The molecule has 1 atom stereocenters. The number of nitrogens with one attached hydrogen (secondary N) is 1. The average Bonchev–Trinajstić information content (AvgIpc) is 2.49. The molecule has 1 aliphatic rings. The third-order valence-electron chi connectivity index (χ3n) is 4.35. The van der Waals surface area contributed by atoms with E-state index in [1.807, 2.05) is 0 Å². The van der Waals surface area contributed by atoms with Crippen molar-refractivity contribution < 1.29 is 0 Å². The van der Waals surface area contributed by atoms with Gasteiger partial charge in [-0.3, -0.25) is 4.90 Å². The van der Waals surface area contributed by atoms with Crippen molar-refractivity contribution in [2.24, 2.45) is 5.92 Å². The van der Waals surface area contributed by atoms with E-state index in [9.17, 15) is 0 Å². The van der Waals surface area contributed by atoms with Crippen molar-refractivity contribution in [2.45, 2.75) is 59.0 Å². The fourth-order valence-electron chi connectivity index (χ4n) is 3.31. The van der Waals surface area contributed by atoms with Crippen molar-refractivity contribution in [3.63, 3.8) is 0 Å². The van der Waals surface area contributed by atoms with Crippen LogP contribution in [-0.4, -0.2) is 30.6 Å². The fraction of sp³-hybridized carbons (Fsp3) is 0.684. The number of rotatable bonds is 7. The van der Waals surface area contributed by atoms with Gasteiger partial charge in [0.05, 0.1) is 0 Å². The molecule has 0 amide bonds. The number of hydrogen-bond acceptors (Lipinski definition) is 2. The van der Waals surface area contributed by atoms with Crippen LogP contribution >= 0.6 is 0 Å². The predicted molar refractivity (Wildman–Crippen MR) is 91.6 cm³/mol. The molecule has 1 saturated heterocycles. The minimum atomic E-state index is 0.717. The molecular formula is C19H32N2. The summed E-state index contributed by atoms with van der Waals surface area (Å²) in [5.41, 5.74) is 2.93. The molecule has 1 aromatic carbocycles. The Hall–Kier alpha value is -0.860. The summed E-state index contributed by atoms with van der Waals surface area (Å²) in [5, 5.41) is 3.55. The van der Waals surface area contributed by atoms with Gasteiger partial charge in [0.2, 0.25) is 0 Å². The SMILES string of the molecule is CCCN(Cc1ccc(CC(C)C)cc1)C1CCCNC1. The lowest BCUT2D eigenvalue weighted by Gasteiger charge is -2.34. The van der Waals surface area contributed by atoms with Crippen LogP contribution in [0.5, 0.6) is 0 Å². The van der Waals surface area contributed by atoms with E-state index in [0.717, 1.165) is 19.0 Å². The highest BCUT2D eigenvalue weighted by Crippen LogP contribution is 2.16. The molecule has 1 N–H and O–H groups in total. The zero-order valence-corrected chi connectivity index (χ0v) is 14.1. The number of hydrogen-bond donors (Lipinski definition) is 1. The summed E-state index contributed by atoms with van der Waals surface area (Å²) in [7, 11) is 0. The average molecular weight is 288 g/mol. The molecule has 0 radical (unpaired) electrons. The number of nitrogens with zero attached hydrogens (tertiary/aromatic N) is 1. The Bertz CT molecular complexity index is 391. The number of benzene rings is 1. The van der Waals surface area contributed by atoms with Gasteiger partial charge >= 0.3 is 0 Å². The molecular weight excluding hydrogens is 256 g/mol. The van der Waals surface area contributed by atoms with E-state index in [4.69, 9.17) is 0 Å². The molecule has 1 aliphatic heterocycles. The lowest BCUT2D eigenvalue weighted by Crippen LogP contribution is -2.45. The molecule has 1 fully saturated rings. The van der Waals surface area contributed by atoms with Crippen LogP contribution < -0.4 is 5.32 Å². The minimum absolute atomic E-state index is 0.717. The maximum absolute atomic E-state index is 3.55. The zero-order chi connectivity index (χ0) is 15.1. The van der Waals surface area contributed by atoms with E-state index in [1.54, 1.807) is 0 Å². The highest BCUT2D eigenvalue weighted by molar-refractivity contribution is 5.23. The van der Waals surface area contributed by atoms with Crippen LogP contribution in [0, 0.1) is 5.92 Å². The molecule has 1 heterocycles. The first-order chi connectivity index (χ1) is 10.2. The molecule has 0 aromatic heterocycles. The van der Waals surface area contributed by atoms with Gasteiger partial charge in [0, 0.05) is 19.1 Å². The van der Waals surface area contributed by atoms with Crippen molar-refractivity contribution in [3.05, 3.63) is 35.4 Å². The monoisotopic (exact) mass is 288 g/mol. The van der Waals surface area contributed by atoms with Crippen molar-refractivity contribution in [3.8, 4) is 0 Å². The first-order valence-corrected chi connectivity index (χ1v) is 8.71. The largest absolute Gasteiger partial charge is 0.315 e. The van der Waals surface area contributed by atoms with E-state index >= 15 is 0 Å². The maximum atomic E-state index is 3.55. The third-order valence-corrected chi connectivity index (χ3v) is 4.35. The summed E-state index contributed by atoms with van der Waals surface area (Å²) in [4.78, 5) is 2.67. The third kappa shape index (κ3) is 5.44. The summed E-state index contributed by atoms with van der Waals surface area (Å²) in [6.45, 7) is 11.5. The van der Waals surface area contributed by atoms with Crippen LogP contribution in [0.25, 0.3) is 0 Å². The quantitative estimate of drug-likeness (QED) is 0.820. The fourth-order valence-corrected chi connectivity index (χ4v) is 3.31. The predicted octanol–water partition coefficient (Wildman–Crippen LogP) is 3.85. The zero-order valence-electron chi connectivity index (χ0n) is 14.1. The first kappa shape index (κ1) is 16.5. The summed E-state index contributed by atoms with van der Waals surface area (Å²) in [6, 6.07) is 10.0. The normalized spacial score (nSPS) is 19.4. The van der Waals surface area contributed by atoms with Gasteiger partial charge < -0.3 is 5.32 Å². The second-order valence-corrected chi connectivity index (χ2v) is 6.89. The van der Waals surface area contributed by atoms with E-state index in [2.05, 4.69) is 55.3 Å². The van der Waals surface area contributed by atoms with Gasteiger partial charge in [-0.1, -0.05) is 45.0 Å². The van der Waals surface area contributed by atoms with Crippen LogP contribution in [0.1, 0.15) is 51.2 Å². The van der Waals surface area contributed by atoms with Gasteiger partial charge in [-0.15, -0.1) is 0 Å². The van der Waals surface area contributed by atoms with Gasteiger partial charge in [0.15, 0.2) is 0 Å². The van der Waals surface area contributed by atoms with Crippen LogP contribution in [-0.2, 0) is 13.0 Å². The number of piperidine rings is 1. The Morgan fingerprint density at radius 2 is 1.90 bits per heavy atom. The highest BCUT2D eigenvalue weighted by Gasteiger charge is 2.20. The van der Waals surface area contributed by atoms with Gasteiger partial charge in [-0.05, 0) is 55.8 Å². The van der Waals surface area contributed by atoms with Gasteiger partial charge in [0.25, 0.3) is 0 Å². The Labute approximate surface area is 130 Å². The van der Waals surface area contributed by atoms with E-state index in [-0.39, 0.29) is 0 Å². The molecule has 21 heavy (non-hydrogen) atoms. The molecule has 118 valence electrons. The van der Waals surface area contributed by atoms with Gasteiger partial charge in [-0.25, -0.2) is 0 Å². The van der Waals surface area contributed by atoms with Gasteiger partial charge in [0.1, 0.15) is 0 Å². The Morgan fingerprint density at radius 1 is 1.19 bits per heavy atom. The van der Waals surface area contributed by atoms with Crippen molar-refractivity contribution in [2.75, 3.05) is 19.6 Å². The molecule has 1 unspecified atom stereocenters. The molecule has 0 bridgehead atoms. The highest BCUT2D eigenvalue weighted by atomic mass is 15.2. The Kier molecular flexibility index (Phi) is 6.72. The van der Waals surface area contributed by atoms with Crippen molar-refractivity contribution >= 4 is 0 Å². The molecule has 0 aliphatic carbocycles. The standard InChI is InChI=1S/C19H32N2/c1-4-12-21(19-6-5-11-20-14-19)15-18-9-7-17(8-10-18)13-16(2)3/h7-10,16,19-20H,4-6,11-15H2,1-3H3. The van der Waals surface area contributed by atoms with Gasteiger partial charge in [-0.2, -0.15) is 0 Å². The van der Waals surface area contributed by atoms with Crippen LogP contribution in [0.4, 0.5) is 0 Å².